The average Bonchev–Trinajstić information content (AvgIpc) is 3.68. The highest BCUT2D eigenvalue weighted by atomic mass is 19.4. The van der Waals surface area contributed by atoms with Gasteiger partial charge in [-0.2, -0.15) is 22.0 Å². The fraction of sp³-hybridized carbons (Fsp3) is 0.500. The molecule has 1 N–H and O–H groups in total. The Labute approximate surface area is 188 Å². The summed E-state index contributed by atoms with van der Waals surface area (Å²) >= 11 is 0. The van der Waals surface area contributed by atoms with Crippen LogP contribution in [-0.2, 0) is 10.8 Å². The lowest BCUT2D eigenvalue weighted by atomic mass is 10.2. The Morgan fingerprint density at radius 3 is 2.29 bits per heavy atom. The maximum atomic E-state index is 14.3. The van der Waals surface area contributed by atoms with Crippen molar-refractivity contribution in [2.75, 3.05) is 0 Å². The number of pyridine rings is 1. The van der Waals surface area contributed by atoms with Gasteiger partial charge < -0.3 is 14.6 Å². The minimum Gasteiger partial charge on any atom is -0.463 e. The number of hydrogen-bond acceptors (Lipinski definition) is 7. The highest BCUT2D eigenvalue weighted by molar-refractivity contribution is 5.59. The number of nitrogens with zero attached hydrogens (tertiary/aromatic N) is 5. The molecule has 3 aromatic rings. The zero-order chi connectivity index (χ0) is 24.7. The van der Waals surface area contributed by atoms with Crippen molar-refractivity contribution in [2.45, 2.75) is 63.2 Å². The Balaban J connectivity index is 0.000000620. The van der Waals surface area contributed by atoms with Crippen LogP contribution in [0.4, 0.5) is 26.3 Å². The first-order chi connectivity index (χ1) is 15.9. The SMILES string of the molecule is C[C@H](Oc1ncc(-c2cn3c(C(F)(F)OC4CC4)nnc3cn2)cc1F)C(F)(F)F.OC1CC1. The van der Waals surface area contributed by atoms with Crippen LogP contribution >= 0.6 is 0 Å². The molecular weight excluding hydrogens is 472 g/mol. The van der Waals surface area contributed by atoms with E-state index in [9.17, 15) is 26.3 Å². The zero-order valence-corrected chi connectivity index (χ0v) is 17.6. The first kappa shape index (κ1) is 24.1. The largest absolute Gasteiger partial charge is 0.463 e. The van der Waals surface area contributed by atoms with Gasteiger partial charge in [-0.25, -0.2) is 9.37 Å². The maximum absolute atomic E-state index is 14.3. The number of aliphatic hydroxyl groups excluding tert-OH is 1. The Kier molecular flexibility index (Phi) is 6.38. The fourth-order valence-corrected chi connectivity index (χ4v) is 2.56. The monoisotopic (exact) mass is 491 g/mol. The van der Waals surface area contributed by atoms with Gasteiger partial charge in [-0.05, 0) is 38.7 Å². The summed E-state index contributed by atoms with van der Waals surface area (Å²) in [4.78, 5) is 7.52. The molecule has 14 heteroatoms. The van der Waals surface area contributed by atoms with Crippen LogP contribution in [0, 0.1) is 5.82 Å². The van der Waals surface area contributed by atoms with E-state index in [2.05, 4.69) is 29.6 Å². The smallest absolute Gasteiger partial charge is 0.425 e. The Morgan fingerprint density at radius 1 is 1.06 bits per heavy atom. The van der Waals surface area contributed by atoms with Gasteiger partial charge in [0.05, 0.1) is 24.1 Å². The highest BCUT2D eigenvalue weighted by Gasteiger charge is 2.44. The molecule has 3 heterocycles. The number of fused-ring (bicyclic) bond motifs is 1. The average molecular weight is 491 g/mol. The minimum atomic E-state index is -4.70. The second-order valence-electron chi connectivity index (χ2n) is 7.90. The molecule has 0 aliphatic heterocycles. The van der Waals surface area contributed by atoms with Crippen molar-refractivity contribution in [3.63, 3.8) is 0 Å². The Bertz CT molecular complexity index is 1160. The van der Waals surface area contributed by atoms with Gasteiger partial charge in [0.15, 0.2) is 17.6 Å². The summed E-state index contributed by atoms with van der Waals surface area (Å²) in [7, 11) is 0. The molecule has 0 bridgehead atoms. The predicted molar refractivity (Wildman–Crippen MR) is 103 cm³/mol. The molecule has 8 nitrogen and oxygen atoms in total. The summed E-state index contributed by atoms with van der Waals surface area (Å²) in [6.45, 7) is 0.710. The zero-order valence-electron chi connectivity index (χ0n) is 17.6. The van der Waals surface area contributed by atoms with Gasteiger partial charge in [-0.3, -0.25) is 9.38 Å². The van der Waals surface area contributed by atoms with Crippen molar-refractivity contribution in [3.05, 3.63) is 36.3 Å². The minimum absolute atomic E-state index is 0.000193. The second kappa shape index (κ2) is 8.98. The topological polar surface area (TPSA) is 94.7 Å². The normalized spacial score (nSPS) is 17.3. The standard InChI is InChI=1S/C17H13F6N5O2.C3H6O/c1-8(16(19,20)21)29-14-11(18)4-9(5-25-14)12-7-28-13(6-24-12)26-27-15(28)17(22,23)30-10-2-3-10;4-3-1-2-3/h4-8,10H,2-3H2,1H3;3-4H,1-2H2/t8-;/m0./s1. The molecule has 3 aromatic heterocycles. The van der Waals surface area contributed by atoms with Crippen LogP contribution in [0.1, 0.15) is 38.4 Å². The summed E-state index contributed by atoms with van der Waals surface area (Å²) in [5.41, 5.74) is 0.0280. The molecule has 0 unspecified atom stereocenters. The predicted octanol–water partition coefficient (Wildman–Crippen LogP) is 4.02. The van der Waals surface area contributed by atoms with Crippen LogP contribution in [-0.4, -0.2) is 54.2 Å². The van der Waals surface area contributed by atoms with E-state index in [1.165, 1.54) is 0 Å². The molecule has 1 atom stereocenters. The van der Waals surface area contributed by atoms with E-state index < -0.39 is 42.0 Å². The van der Waals surface area contributed by atoms with Gasteiger partial charge in [0, 0.05) is 18.0 Å². The molecule has 0 radical (unpaired) electrons. The van der Waals surface area contributed by atoms with Crippen molar-refractivity contribution in [2.24, 2.45) is 0 Å². The van der Waals surface area contributed by atoms with Crippen molar-refractivity contribution in [3.8, 4) is 17.1 Å². The molecule has 5 rings (SSSR count). The van der Waals surface area contributed by atoms with Crippen LogP contribution in [0.3, 0.4) is 0 Å². The van der Waals surface area contributed by atoms with Crippen molar-refractivity contribution in [1.82, 2.24) is 24.6 Å². The van der Waals surface area contributed by atoms with E-state index in [1.54, 1.807) is 0 Å². The number of alkyl halides is 5. The highest BCUT2D eigenvalue weighted by Crippen LogP contribution is 2.37. The molecule has 34 heavy (non-hydrogen) atoms. The van der Waals surface area contributed by atoms with E-state index in [0.29, 0.717) is 19.8 Å². The summed E-state index contributed by atoms with van der Waals surface area (Å²) in [6, 6.07) is 0.836. The summed E-state index contributed by atoms with van der Waals surface area (Å²) < 4.78 is 90.7. The maximum Gasteiger partial charge on any atom is 0.425 e. The quantitative estimate of drug-likeness (QED) is 0.521. The van der Waals surface area contributed by atoms with Gasteiger partial charge in [0.25, 0.3) is 5.88 Å². The van der Waals surface area contributed by atoms with Gasteiger partial charge >= 0.3 is 12.3 Å². The third kappa shape index (κ3) is 5.73. The fourth-order valence-electron chi connectivity index (χ4n) is 2.56. The number of rotatable bonds is 6. The first-order valence-corrected chi connectivity index (χ1v) is 10.3. The first-order valence-electron chi connectivity index (χ1n) is 10.3. The Morgan fingerprint density at radius 2 is 1.74 bits per heavy atom. The lowest BCUT2D eigenvalue weighted by Crippen LogP contribution is -2.31. The van der Waals surface area contributed by atoms with E-state index in [-0.39, 0.29) is 23.0 Å². The number of hydrogen-bond donors (Lipinski definition) is 1. The number of halogens is 6. The van der Waals surface area contributed by atoms with Crippen LogP contribution in [0.25, 0.3) is 16.9 Å². The third-order valence-electron chi connectivity index (χ3n) is 4.79. The molecular formula is C20H19F6N5O3. The van der Waals surface area contributed by atoms with Crippen LogP contribution < -0.4 is 4.74 Å². The molecule has 0 spiro atoms. The number of aliphatic hydroxyl groups is 1. The molecule has 2 saturated carbocycles. The van der Waals surface area contributed by atoms with E-state index >= 15 is 0 Å². The molecule has 2 aliphatic carbocycles. The van der Waals surface area contributed by atoms with Gasteiger partial charge in [-0.1, -0.05) is 0 Å². The number of aromatic nitrogens is 5. The van der Waals surface area contributed by atoms with Crippen molar-refractivity contribution < 1.29 is 40.9 Å². The lowest BCUT2D eigenvalue weighted by molar-refractivity contribution is -0.261. The van der Waals surface area contributed by atoms with Crippen molar-refractivity contribution in [1.29, 1.82) is 0 Å². The van der Waals surface area contributed by atoms with Crippen LogP contribution in [0.5, 0.6) is 5.88 Å². The molecule has 0 saturated heterocycles. The van der Waals surface area contributed by atoms with Crippen molar-refractivity contribution >= 4 is 5.65 Å². The summed E-state index contributed by atoms with van der Waals surface area (Å²) in [5.74, 6) is -2.80. The third-order valence-corrected chi connectivity index (χ3v) is 4.79. The molecule has 2 aliphatic rings. The van der Waals surface area contributed by atoms with Gasteiger partial charge in [0.2, 0.25) is 5.82 Å². The van der Waals surface area contributed by atoms with E-state index in [4.69, 9.17) is 5.11 Å². The molecule has 184 valence electrons. The second-order valence-corrected chi connectivity index (χ2v) is 7.90. The summed E-state index contributed by atoms with van der Waals surface area (Å²) in [6.07, 6.45) is -4.74. The van der Waals surface area contributed by atoms with Gasteiger partial charge in [-0.15, -0.1) is 10.2 Å². The number of ether oxygens (including phenoxy) is 2. The van der Waals surface area contributed by atoms with Crippen LogP contribution in [0.15, 0.2) is 24.7 Å². The van der Waals surface area contributed by atoms with E-state index in [0.717, 1.165) is 41.9 Å². The van der Waals surface area contributed by atoms with E-state index in [1.807, 2.05) is 0 Å². The molecule has 0 aromatic carbocycles. The summed E-state index contributed by atoms with van der Waals surface area (Å²) in [5, 5.41) is 15.2. The molecule has 2 fully saturated rings. The molecule has 0 amide bonds. The Hall–Kier alpha value is -3.00. The van der Waals surface area contributed by atoms with Crippen LogP contribution in [0.2, 0.25) is 0 Å². The lowest BCUT2D eigenvalue weighted by Gasteiger charge is -2.17. The van der Waals surface area contributed by atoms with Gasteiger partial charge in [0.1, 0.15) is 0 Å².